The second-order valence-corrected chi connectivity index (χ2v) is 10.8. The van der Waals surface area contributed by atoms with Crippen molar-refractivity contribution in [1.29, 1.82) is 0 Å². The smallest absolute Gasteiger partial charge is 0.243 e. The Morgan fingerprint density at radius 3 is 1.68 bits per heavy atom. The average molecular weight is 531 g/mol. The Bertz CT molecular complexity index is 1300. The summed E-state index contributed by atoms with van der Waals surface area (Å²) < 4.78 is 0. The summed E-state index contributed by atoms with van der Waals surface area (Å²) in [6.07, 6.45) is 5.02. The number of nitrogens with zero attached hydrogens (tertiary/aromatic N) is 1. The third-order valence-electron chi connectivity index (χ3n) is 7.95. The fraction of sp³-hybridized carbons (Fsp3) is 0.278. The van der Waals surface area contributed by atoms with Gasteiger partial charge in [-0.1, -0.05) is 134 Å². The van der Waals surface area contributed by atoms with Gasteiger partial charge in [-0.15, -0.1) is 0 Å². The molecule has 1 N–H and O–H groups in total. The summed E-state index contributed by atoms with van der Waals surface area (Å²) in [4.78, 5) is 30.2. The second kappa shape index (κ2) is 13.7. The van der Waals surface area contributed by atoms with Gasteiger partial charge in [-0.2, -0.15) is 0 Å². The molecule has 5 rings (SSSR count). The van der Waals surface area contributed by atoms with Gasteiger partial charge < -0.3 is 10.2 Å². The van der Waals surface area contributed by atoms with E-state index in [1.165, 1.54) is 0 Å². The summed E-state index contributed by atoms with van der Waals surface area (Å²) in [7, 11) is 0. The van der Waals surface area contributed by atoms with Crippen molar-refractivity contribution >= 4 is 11.8 Å². The van der Waals surface area contributed by atoms with Crippen LogP contribution in [-0.4, -0.2) is 28.8 Å². The Hall–Kier alpha value is -4.18. The number of hydrogen-bond acceptors (Lipinski definition) is 2. The third-order valence-corrected chi connectivity index (χ3v) is 7.95. The number of rotatable bonds is 11. The zero-order valence-corrected chi connectivity index (χ0v) is 23.0. The minimum atomic E-state index is -0.608. The molecule has 0 aromatic heterocycles. The van der Waals surface area contributed by atoms with Gasteiger partial charge in [0.15, 0.2) is 0 Å². The molecule has 1 fully saturated rings. The molecule has 0 saturated heterocycles. The molecule has 4 nitrogen and oxygen atoms in total. The van der Waals surface area contributed by atoms with E-state index >= 15 is 0 Å². The number of amides is 2. The molecule has 0 bridgehead atoms. The minimum absolute atomic E-state index is 0.0240. The van der Waals surface area contributed by atoms with Gasteiger partial charge in [0, 0.05) is 31.3 Å². The van der Waals surface area contributed by atoms with E-state index < -0.39 is 6.04 Å². The first-order chi connectivity index (χ1) is 19.7. The van der Waals surface area contributed by atoms with Crippen molar-refractivity contribution in [2.45, 2.75) is 63.1 Å². The second-order valence-electron chi connectivity index (χ2n) is 10.8. The quantitative estimate of drug-likeness (QED) is 0.229. The van der Waals surface area contributed by atoms with Crippen molar-refractivity contribution in [3.05, 3.63) is 144 Å². The number of benzene rings is 4. The van der Waals surface area contributed by atoms with E-state index in [1.807, 2.05) is 102 Å². The number of carbonyl (C=O) groups excluding carboxylic acids is 2. The molecule has 1 saturated carbocycles. The van der Waals surface area contributed by atoms with E-state index in [-0.39, 0.29) is 30.2 Å². The molecule has 0 unspecified atom stereocenters. The predicted octanol–water partition coefficient (Wildman–Crippen LogP) is 6.91. The van der Waals surface area contributed by atoms with Crippen molar-refractivity contribution in [3.63, 3.8) is 0 Å². The first-order valence-corrected chi connectivity index (χ1v) is 14.4. The Morgan fingerprint density at radius 2 is 1.15 bits per heavy atom. The zero-order chi connectivity index (χ0) is 27.6. The number of carbonyl (C=O) groups is 2. The van der Waals surface area contributed by atoms with Crippen molar-refractivity contribution in [2.75, 3.05) is 0 Å². The molecule has 4 aromatic rings. The topological polar surface area (TPSA) is 49.4 Å². The highest BCUT2D eigenvalue weighted by Gasteiger charge is 2.33. The SMILES string of the molecule is O=C(NC1CCCC1)[C@H](Cc1ccccc1)N(Cc1ccccc1)C(=O)CC(c1ccccc1)c1ccccc1. The van der Waals surface area contributed by atoms with Crippen LogP contribution in [0, 0.1) is 0 Å². The largest absolute Gasteiger partial charge is 0.352 e. The lowest BCUT2D eigenvalue weighted by molar-refractivity contribution is -0.141. The molecule has 0 aliphatic heterocycles. The van der Waals surface area contributed by atoms with Crippen LogP contribution in [0.25, 0.3) is 0 Å². The van der Waals surface area contributed by atoms with Gasteiger partial charge in [-0.25, -0.2) is 0 Å². The van der Waals surface area contributed by atoms with Gasteiger partial charge in [0.1, 0.15) is 6.04 Å². The van der Waals surface area contributed by atoms with Gasteiger partial charge in [-0.3, -0.25) is 9.59 Å². The van der Waals surface area contributed by atoms with Crippen LogP contribution in [0.4, 0.5) is 0 Å². The molecule has 4 aromatic carbocycles. The summed E-state index contributed by atoms with van der Waals surface area (Å²) >= 11 is 0. The van der Waals surface area contributed by atoms with E-state index in [0.717, 1.165) is 47.9 Å². The Balaban J connectivity index is 1.49. The van der Waals surface area contributed by atoms with E-state index in [9.17, 15) is 9.59 Å². The molecule has 1 atom stereocenters. The molecular formula is C36H38N2O2. The molecule has 1 aliphatic carbocycles. The van der Waals surface area contributed by atoms with Gasteiger partial charge in [0.25, 0.3) is 0 Å². The molecule has 204 valence electrons. The summed E-state index contributed by atoms with van der Waals surface area (Å²) in [5, 5.41) is 3.30. The lowest BCUT2D eigenvalue weighted by Gasteiger charge is -2.33. The molecule has 1 aliphatic rings. The van der Waals surface area contributed by atoms with Gasteiger partial charge >= 0.3 is 0 Å². The highest BCUT2D eigenvalue weighted by molar-refractivity contribution is 5.88. The predicted molar refractivity (Wildman–Crippen MR) is 161 cm³/mol. The normalized spacial score (nSPS) is 14.1. The highest BCUT2D eigenvalue weighted by Crippen LogP contribution is 2.30. The summed E-state index contributed by atoms with van der Waals surface area (Å²) in [6.45, 7) is 0.381. The monoisotopic (exact) mass is 530 g/mol. The fourth-order valence-electron chi connectivity index (χ4n) is 5.79. The Morgan fingerprint density at radius 1 is 0.675 bits per heavy atom. The fourth-order valence-corrected chi connectivity index (χ4v) is 5.79. The maximum atomic E-state index is 14.4. The molecule has 0 spiro atoms. The van der Waals surface area contributed by atoms with Crippen LogP contribution in [0.2, 0.25) is 0 Å². The zero-order valence-electron chi connectivity index (χ0n) is 23.0. The molecular weight excluding hydrogens is 492 g/mol. The van der Waals surface area contributed by atoms with Crippen LogP contribution in [0.15, 0.2) is 121 Å². The van der Waals surface area contributed by atoms with Crippen molar-refractivity contribution in [3.8, 4) is 0 Å². The lowest BCUT2D eigenvalue weighted by atomic mass is 9.87. The average Bonchev–Trinajstić information content (AvgIpc) is 3.52. The van der Waals surface area contributed by atoms with Crippen LogP contribution < -0.4 is 5.32 Å². The minimum Gasteiger partial charge on any atom is -0.352 e. The summed E-state index contributed by atoms with van der Waals surface area (Å²) in [6, 6.07) is 40.0. The van der Waals surface area contributed by atoms with Crippen LogP contribution in [0.3, 0.4) is 0 Å². The molecule has 40 heavy (non-hydrogen) atoms. The number of hydrogen-bond donors (Lipinski definition) is 1. The van der Waals surface area contributed by atoms with E-state index in [0.29, 0.717) is 13.0 Å². The Kier molecular flexibility index (Phi) is 9.41. The maximum absolute atomic E-state index is 14.4. The van der Waals surface area contributed by atoms with Crippen LogP contribution in [0.1, 0.15) is 60.3 Å². The number of nitrogens with one attached hydrogen (secondary N) is 1. The maximum Gasteiger partial charge on any atom is 0.243 e. The van der Waals surface area contributed by atoms with Crippen molar-refractivity contribution in [1.82, 2.24) is 10.2 Å². The van der Waals surface area contributed by atoms with E-state index in [2.05, 4.69) is 29.6 Å². The third kappa shape index (κ3) is 7.26. The summed E-state index contributed by atoms with van der Waals surface area (Å²) in [5.74, 6) is -0.191. The molecule has 4 heteroatoms. The van der Waals surface area contributed by atoms with Gasteiger partial charge in [0.05, 0.1) is 0 Å². The Labute approximate surface area is 238 Å². The van der Waals surface area contributed by atoms with Crippen molar-refractivity contribution in [2.24, 2.45) is 0 Å². The van der Waals surface area contributed by atoms with Crippen LogP contribution in [0.5, 0.6) is 0 Å². The standard InChI is InChI=1S/C36H38N2O2/c39-35(26-33(30-19-9-3-10-20-30)31-21-11-4-12-22-31)38(27-29-17-7-2-8-18-29)34(25-28-15-5-1-6-16-28)36(40)37-32-23-13-14-24-32/h1-12,15-22,32-34H,13-14,23-27H2,(H,37,40)/t34-/m0/s1. The van der Waals surface area contributed by atoms with Crippen LogP contribution in [-0.2, 0) is 22.6 Å². The van der Waals surface area contributed by atoms with Gasteiger partial charge in [-0.05, 0) is 35.1 Å². The van der Waals surface area contributed by atoms with Crippen molar-refractivity contribution < 1.29 is 9.59 Å². The van der Waals surface area contributed by atoms with E-state index in [1.54, 1.807) is 0 Å². The van der Waals surface area contributed by atoms with Gasteiger partial charge in [0.2, 0.25) is 11.8 Å². The lowest BCUT2D eigenvalue weighted by Crippen LogP contribution is -2.52. The first-order valence-electron chi connectivity index (χ1n) is 14.4. The summed E-state index contributed by atoms with van der Waals surface area (Å²) in [5.41, 5.74) is 4.25. The first kappa shape index (κ1) is 27.4. The molecule has 0 heterocycles. The molecule has 2 amide bonds. The highest BCUT2D eigenvalue weighted by atomic mass is 16.2. The molecule has 0 radical (unpaired) electrons. The van der Waals surface area contributed by atoms with E-state index in [4.69, 9.17) is 0 Å². The van der Waals surface area contributed by atoms with Crippen LogP contribution >= 0.6 is 0 Å².